The molecule has 3 aromatic rings. The number of aromatic nitrogens is 2. The van der Waals surface area contributed by atoms with Gasteiger partial charge in [0.05, 0.1) is 24.5 Å². The monoisotopic (exact) mass is 389 g/mol. The molecular weight excluding hydrogens is 370 g/mol. The molecule has 7 heteroatoms. The number of carbonyl (C=O) groups excluding carboxylic acids is 1. The highest BCUT2D eigenvalue weighted by Gasteiger charge is 2.30. The van der Waals surface area contributed by atoms with E-state index in [1.165, 1.54) is 23.6 Å². The zero-order chi connectivity index (χ0) is 20.2. The van der Waals surface area contributed by atoms with E-state index in [0.29, 0.717) is 5.69 Å². The molecule has 1 aliphatic carbocycles. The number of nitrogens with zero attached hydrogens (tertiary/aromatic N) is 3. The highest BCUT2D eigenvalue weighted by Crippen LogP contribution is 2.44. The zero-order valence-corrected chi connectivity index (χ0v) is 15.6. The first-order chi connectivity index (χ1) is 14.1. The lowest BCUT2D eigenvalue weighted by atomic mass is 9.98. The van der Waals surface area contributed by atoms with Crippen LogP contribution in [0.1, 0.15) is 23.5 Å². The Morgan fingerprint density at radius 1 is 0.966 bits per heavy atom. The third-order valence-corrected chi connectivity index (χ3v) is 4.96. The third kappa shape index (κ3) is 3.80. The van der Waals surface area contributed by atoms with Crippen molar-refractivity contribution in [3.63, 3.8) is 0 Å². The number of benzene rings is 2. The van der Waals surface area contributed by atoms with E-state index < -0.39 is 12.1 Å². The van der Waals surface area contributed by atoms with Gasteiger partial charge in [0.2, 0.25) is 0 Å². The molecule has 0 saturated carbocycles. The van der Waals surface area contributed by atoms with Gasteiger partial charge in [-0.2, -0.15) is 0 Å². The molecule has 0 unspecified atom stereocenters. The quantitative estimate of drug-likeness (QED) is 0.691. The second kappa shape index (κ2) is 8.10. The Morgan fingerprint density at radius 3 is 2.14 bits per heavy atom. The van der Waals surface area contributed by atoms with Gasteiger partial charge in [-0.05, 0) is 22.3 Å². The standard InChI is InChI=1S/C22H19N3O4/c26-21(27)9-10-25(15-11-23-14-24-12-15)22(28)29-13-20-18-7-3-1-5-16(18)17-6-2-4-8-19(17)20/h1-8,11-12,14,20H,9-10,13H2,(H,26,27). The van der Waals surface area contributed by atoms with Crippen molar-refractivity contribution in [2.75, 3.05) is 18.1 Å². The van der Waals surface area contributed by atoms with Gasteiger partial charge < -0.3 is 9.84 Å². The number of anilines is 1. The van der Waals surface area contributed by atoms with Gasteiger partial charge in [-0.3, -0.25) is 9.69 Å². The first kappa shape index (κ1) is 18.6. The summed E-state index contributed by atoms with van der Waals surface area (Å²) in [5.74, 6) is -1.07. The van der Waals surface area contributed by atoms with E-state index >= 15 is 0 Å². The molecule has 0 fully saturated rings. The molecular formula is C22H19N3O4. The lowest BCUT2D eigenvalue weighted by Gasteiger charge is -2.22. The number of carboxylic acid groups (broad SMARTS) is 1. The second-order valence-corrected chi connectivity index (χ2v) is 6.70. The summed E-state index contributed by atoms with van der Waals surface area (Å²) in [6.45, 7) is 0.128. The first-order valence-electron chi connectivity index (χ1n) is 9.24. The van der Waals surface area contributed by atoms with Crippen LogP contribution in [-0.4, -0.2) is 40.3 Å². The van der Waals surface area contributed by atoms with Gasteiger partial charge in [0, 0.05) is 12.5 Å². The van der Waals surface area contributed by atoms with Gasteiger partial charge in [0.25, 0.3) is 0 Å². The number of rotatable bonds is 6. The summed E-state index contributed by atoms with van der Waals surface area (Å²) in [6.07, 6.45) is 3.42. The number of fused-ring (bicyclic) bond motifs is 3. The van der Waals surface area contributed by atoms with Crippen molar-refractivity contribution in [1.82, 2.24) is 9.97 Å². The van der Waals surface area contributed by atoms with Gasteiger partial charge in [-0.25, -0.2) is 14.8 Å². The summed E-state index contributed by atoms with van der Waals surface area (Å²) in [6, 6.07) is 16.1. The molecule has 146 valence electrons. The maximum absolute atomic E-state index is 12.8. The molecule has 0 atom stereocenters. The summed E-state index contributed by atoms with van der Waals surface area (Å²) in [5, 5.41) is 9.00. The zero-order valence-electron chi connectivity index (χ0n) is 15.6. The molecule has 1 amide bonds. The largest absolute Gasteiger partial charge is 0.481 e. The molecule has 0 saturated heterocycles. The number of carbonyl (C=O) groups is 2. The van der Waals surface area contributed by atoms with E-state index in [9.17, 15) is 9.59 Å². The van der Waals surface area contributed by atoms with E-state index in [-0.39, 0.29) is 25.5 Å². The predicted octanol–water partition coefficient (Wildman–Crippen LogP) is 3.71. The van der Waals surface area contributed by atoms with Crippen LogP contribution in [-0.2, 0) is 9.53 Å². The first-order valence-corrected chi connectivity index (χ1v) is 9.24. The molecule has 2 aromatic carbocycles. The van der Waals surface area contributed by atoms with Crippen molar-refractivity contribution in [3.8, 4) is 11.1 Å². The molecule has 0 bridgehead atoms. The van der Waals surface area contributed by atoms with Crippen LogP contribution in [0, 0.1) is 0 Å². The van der Waals surface area contributed by atoms with Gasteiger partial charge >= 0.3 is 12.1 Å². The maximum Gasteiger partial charge on any atom is 0.414 e. The Morgan fingerprint density at radius 2 is 1.55 bits per heavy atom. The van der Waals surface area contributed by atoms with E-state index in [4.69, 9.17) is 9.84 Å². The Balaban J connectivity index is 1.54. The minimum Gasteiger partial charge on any atom is -0.481 e. The van der Waals surface area contributed by atoms with Crippen molar-refractivity contribution >= 4 is 17.7 Å². The average Bonchev–Trinajstić information content (AvgIpc) is 3.07. The second-order valence-electron chi connectivity index (χ2n) is 6.70. The molecule has 1 N–H and O–H groups in total. The van der Waals surface area contributed by atoms with E-state index in [2.05, 4.69) is 22.1 Å². The lowest BCUT2D eigenvalue weighted by Crippen LogP contribution is -2.34. The number of carboxylic acids is 1. The van der Waals surface area contributed by atoms with E-state index in [1.54, 1.807) is 0 Å². The van der Waals surface area contributed by atoms with Crippen molar-refractivity contribution in [1.29, 1.82) is 0 Å². The SMILES string of the molecule is O=C(O)CCN(C(=O)OCC1c2ccccc2-c2ccccc21)c1cncnc1. The number of hydrogen-bond acceptors (Lipinski definition) is 5. The Kier molecular flexibility index (Phi) is 5.20. The molecule has 0 aliphatic heterocycles. The molecule has 7 nitrogen and oxygen atoms in total. The Hall–Kier alpha value is -3.74. The predicted molar refractivity (Wildman–Crippen MR) is 107 cm³/mol. The number of hydrogen-bond donors (Lipinski definition) is 1. The average molecular weight is 389 g/mol. The summed E-state index contributed by atoms with van der Waals surface area (Å²) < 4.78 is 5.63. The highest BCUT2D eigenvalue weighted by molar-refractivity contribution is 5.88. The van der Waals surface area contributed by atoms with Crippen molar-refractivity contribution in [2.45, 2.75) is 12.3 Å². The minimum absolute atomic E-state index is 0.0284. The van der Waals surface area contributed by atoms with Gasteiger partial charge in [-0.15, -0.1) is 0 Å². The molecule has 1 aromatic heterocycles. The van der Waals surface area contributed by atoms with Crippen LogP contribution in [0.4, 0.5) is 10.5 Å². The van der Waals surface area contributed by atoms with Gasteiger partial charge in [0.15, 0.2) is 0 Å². The smallest absolute Gasteiger partial charge is 0.414 e. The molecule has 1 aliphatic rings. The molecule has 0 spiro atoms. The number of amides is 1. The molecule has 1 heterocycles. The Labute approximate surface area is 167 Å². The number of aliphatic carboxylic acids is 1. The summed E-state index contributed by atoms with van der Waals surface area (Å²) in [4.78, 5) is 32.8. The van der Waals surface area contributed by atoms with Crippen molar-refractivity contribution in [3.05, 3.63) is 78.4 Å². The van der Waals surface area contributed by atoms with Crippen LogP contribution in [0.2, 0.25) is 0 Å². The molecule has 29 heavy (non-hydrogen) atoms. The Bertz CT molecular complexity index is 993. The van der Waals surface area contributed by atoms with Crippen molar-refractivity contribution < 1.29 is 19.4 Å². The fourth-order valence-electron chi connectivity index (χ4n) is 3.64. The van der Waals surface area contributed by atoms with Crippen LogP contribution < -0.4 is 4.90 Å². The lowest BCUT2D eigenvalue weighted by molar-refractivity contribution is -0.136. The topological polar surface area (TPSA) is 92.6 Å². The van der Waals surface area contributed by atoms with Crippen LogP contribution >= 0.6 is 0 Å². The minimum atomic E-state index is -1.00. The van der Waals surface area contributed by atoms with Crippen molar-refractivity contribution in [2.24, 2.45) is 0 Å². The molecule has 4 rings (SSSR count). The van der Waals surface area contributed by atoms with Crippen LogP contribution in [0.3, 0.4) is 0 Å². The van der Waals surface area contributed by atoms with E-state index in [1.807, 2.05) is 36.4 Å². The third-order valence-electron chi connectivity index (χ3n) is 4.96. The molecule has 0 radical (unpaired) electrons. The summed E-state index contributed by atoms with van der Waals surface area (Å²) >= 11 is 0. The van der Waals surface area contributed by atoms with Crippen LogP contribution in [0.15, 0.2) is 67.3 Å². The summed E-state index contributed by atoms with van der Waals surface area (Å²) in [7, 11) is 0. The summed E-state index contributed by atoms with van der Waals surface area (Å²) in [5.41, 5.74) is 4.90. The van der Waals surface area contributed by atoms with Gasteiger partial charge in [-0.1, -0.05) is 48.5 Å². The highest BCUT2D eigenvalue weighted by atomic mass is 16.6. The fraction of sp³-hybridized carbons (Fsp3) is 0.182. The normalized spacial score (nSPS) is 12.1. The maximum atomic E-state index is 12.8. The van der Waals surface area contributed by atoms with Crippen LogP contribution in [0.25, 0.3) is 11.1 Å². The fourth-order valence-corrected chi connectivity index (χ4v) is 3.64. The van der Waals surface area contributed by atoms with E-state index in [0.717, 1.165) is 22.3 Å². The van der Waals surface area contributed by atoms with Crippen LogP contribution in [0.5, 0.6) is 0 Å². The van der Waals surface area contributed by atoms with Gasteiger partial charge in [0.1, 0.15) is 12.9 Å². The number of ether oxygens (including phenoxy) is 1.